The Morgan fingerprint density at radius 2 is 1.86 bits per heavy atom. The minimum absolute atomic E-state index is 0.284. The molecule has 76 valence electrons. The Morgan fingerprint density at radius 1 is 1.21 bits per heavy atom. The lowest BCUT2D eigenvalue weighted by molar-refractivity contribution is 0.111. The standard InChI is InChI=1S/C12H15BrO/c13-11-8-4-3-7-10(11)12(14)9-5-1-2-6-9/h3-4,7-9,12,14H,1-2,5-6H2/t12-/m0/s1. The van der Waals surface area contributed by atoms with Crippen LogP contribution in [-0.2, 0) is 0 Å². The summed E-state index contributed by atoms with van der Waals surface area (Å²) in [6, 6.07) is 7.97. The number of hydrogen-bond donors (Lipinski definition) is 1. The third kappa shape index (κ3) is 2.01. The summed E-state index contributed by atoms with van der Waals surface area (Å²) in [4.78, 5) is 0. The average molecular weight is 255 g/mol. The molecule has 0 aromatic heterocycles. The normalized spacial score (nSPS) is 19.9. The van der Waals surface area contributed by atoms with Gasteiger partial charge in [-0.15, -0.1) is 0 Å². The van der Waals surface area contributed by atoms with Gasteiger partial charge in [0.05, 0.1) is 6.10 Å². The van der Waals surface area contributed by atoms with Crippen molar-refractivity contribution in [3.63, 3.8) is 0 Å². The van der Waals surface area contributed by atoms with E-state index < -0.39 is 0 Å². The van der Waals surface area contributed by atoms with E-state index in [0.29, 0.717) is 5.92 Å². The van der Waals surface area contributed by atoms with Gasteiger partial charge in [0.15, 0.2) is 0 Å². The van der Waals surface area contributed by atoms with Crippen LogP contribution >= 0.6 is 15.9 Å². The van der Waals surface area contributed by atoms with Crippen molar-refractivity contribution < 1.29 is 5.11 Å². The SMILES string of the molecule is O[C@H](c1ccccc1Br)C1CCCC1. The minimum atomic E-state index is -0.284. The number of aliphatic hydroxyl groups is 1. The summed E-state index contributed by atoms with van der Waals surface area (Å²) in [5.74, 6) is 0.466. The summed E-state index contributed by atoms with van der Waals surface area (Å²) in [7, 11) is 0. The van der Waals surface area contributed by atoms with E-state index in [9.17, 15) is 5.11 Å². The monoisotopic (exact) mass is 254 g/mol. The van der Waals surface area contributed by atoms with E-state index >= 15 is 0 Å². The first-order valence-corrected chi connectivity index (χ1v) is 6.01. The van der Waals surface area contributed by atoms with Crippen LogP contribution in [0.1, 0.15) is 37.4 Å². The van der Waals surface area contributed by atoms with Crippen LogP contribution in [0.3, 0.4) is 0 Å². The molecule has 0 spiro atoms. The number of rotatable bonds is 2. The first kappa shape index (κ1) is 10.2. The van der Waals surface area contributed by atoms with Crippen molar-refractivity contribution in [2.75, 3.05) is 0 Å². The minimum Gasteiger partial charge on any atom is -0.388 e. The first-order valence-electron chi connectivity index (χ1n) is 5.21. The largest absolute Gasteiger partial charge is 0.388 e. The van der Waals surface area contributed by atoms with Gasteiger partial charge >= 0.3 is 0 Å². The predicted molar refractivity (Wildman–Crippen MR) is 61.1 cm³/mol. The summed E-state index contributed by atoms with van der Waals surface area (Å²) in [5, 5.41) is 10.2. The molecule has 1 aliphatic rings. The zero-order valence-electron chi connectivity index (χ0n) is 8.12. The number of aliphatic hydroxyl groups excluding tert-OH is 1. The molecule has 0 heterocycles. The van der Waals surface area contributed by atoms with E-state index in [0.717, 1.165) is 10.0 Å². The highest BCUT2D eigenvalue weighted by Gasteiger charge is 2.25. The lowest BCUT2D eigenvalue weighted by atomic mass is 9.94. The molecular formula is C12H15BrO. The summed E-state index contributed by atoms with van der Waals surface area (Å²) < 4.78 is 1.03. The third-order valence-electron chi connectivity index (χ3n) is 3.07. The molecule has 0 amide bonds. The fourth-order valence-corrected chi connectivity index (χ4v) is 2.76. The van der Waals surface area contributed by atoms with Crippen LogP contribution in [0.5, 0.6) is 0 Å². The molecule has 1 saturated carbocycles. The van der Waals surface area contributed by atoms with E-state index in [1.54, 1.807) is 0 Å². The van der Waals surface area contributed by atoms with Gasteiger partial charge in [-0.1, -0.05) is 47.0 Å². The van der Waals surface area contributed by atoms with Crippen molar-refractivity contribution >= 4 is 15.9 Å². The summed E-state index contributed by atoms with van der Waals surface area (Å²) in [6.07, 6.45) is 4.59. The van der Waals surface area contributed by atoms with Crippen LogP contribution in [0.4, 0.5) is 0 Å². The van der Waals surface area contributed by atoms with Gasteiger partial charge in [0.2, 0.25) is 0 Å². The maximum absolute atomic E-state index is 10.2. The molecule has 1 N–H and O–H groups in total. The molecule has 0 unspecified atom stereocenters. The molecule has 1 aliphatic carbocycles. The summed E-state index contributed by atoms with van der Waals surface area (Å²) in [6.45, 7) is 0. The van der Waals surface area contributed by atoms with Crippen molar-refractivity contribution in [3.05, 3.63) is 34.3 Å². The predicted octanol–water partition coefficient (Wildman–Crippen LogP) is 3.67. The van der Waals surface area contributed by atoms with Gasteiger partial charge in [-0.3, -0.25) is 0 Å². The second kappa shape index (κ2) is 4.45. The maximum atomic E-state index is 10.2. The van der Waals surface area contributed by atoms with Crippen LogP contribution in [0.15, 0.2) is 28.7 Å². The van der Waals surface area contributed by atoms with Gasteiger partial charge in [0.25, 0.3) is 0 Å². The molecular weight excluding hydrogens is 240 g/mol. The first-order chi connectivity index (χ1) is 6.79. The molecule has 0 bridgehead atoms. The fraction of sp³-hybridized carbons (Fsp3) is 0.500. The molecule has 14 heavy (non-hydrogen) atoms. The van der Waals surface area contributed by atoms with E-state index in [2.05, 4.69) is 15.9 Å². The van der Waals surface area contributed by atoms with Gasteiger partial charge in [-0.05, 0) is 30.4 Å². The molecule has 0 radical (unpaired) electrons. The second-order valence-electron chi connectivity index (χ2n) is 4.01. The highest BCUT2D eigenvalue weighted by molar-refractivity contribution is 9.10. The topological polar surface area (TPSA) is 20.2 Å². The Bertz CT molecular complexity index is 305. The van der Waals surface area contributed by atoms with Gasteiger partial charge in [0.1, 0.15) is 0 Å². The van der Waals surface area contributed by atoms with Crippen molar-refractivity contribution in [3.8, 4) is 0 Å². The van der Waals surface area contributed by atoms with Gasteiger partial charge in [-0.2, -0.15) is 0 Å². The average Bonchev–Trinajstić information content (AvgIpc) is 2.70. The van der Waals surface area contributed by atoms with E-state index in [4.69, 9.17) is 0 Å². The maximum Gasteiger partial charge on any atom is 0.0829 e. The quantitative estimate of drug-likeness (QED) is 0.854. The highest BCUT2D eigenvalue weighted by atomic mass is 79.9. The Balaban J connectivity index is 2.17. The van der Waals surface area contributed by atoms with Gasteiger partial charge in [0, 0.05) is 4.47 Å². The van der Waals surface area contributed by atoms with E-state index in [1.807, 2.05) is 24.3 Å². The van der Waals surface area contributed by atoms with Crippen LogP contribution in [-0.4, -0.2) is 5.11 Å². The summed E-state index contributed by atoms with van der Waals surface area (Å²) in [5.41, 5.74) is 1.04. The Kier molecular flexibility index (Phi) is 3.24. The zero-order chi connectivity index (χ0) is 9.97. The number of benzene rings is 1. The van der Waals surface area contributed by atoms with Crippen LogP contribution in [0.2, 0.25) is 0 Å². The third-order valence-corrected chi connectivity index (χ3v) is 3.79. The fourth-order valence-electron chi connectivity index (χ4n) is 2.24. The smallest absolute Gasteiger partial charge is 0.0829 e. The van der Waals surface area contributed by atoms with Gasteiger partial charge < -0.3 is 5.11 Å². The van der Waals surface area contributed by atoms with Crippen LogP contribution in [0, 0.1) is 5.92 Å². The highest BCUT2D eigenvalue weighted by Crippen LogP contribution is 2.37. The van der Waals surface area contributed by atoms with Crippen LogP contribution < -0.4 is 0 Å². The Hall–Kier alpha value is -0.340. The van der Waals surface area contributed by atoms with Crippen molar-refractivity contribution in [1.82, 2.24) is 0 Å². The second-order valence-corrected chi connectivity index (χ2v) is 4.87. The number of hydrogen-bond acceptors (Lipinski definition) is 1. The van der Waals surface area contributed by atoms with Gasteiger partial charge in [-0.25, -0.2) is 0 Å². The Labute approximate surface area is 93.3 Å². The molecule has 1 atom stereocenters. The number of halogens is 1. The lowest BCUT2D eigenvalue weighted by Crippen LogP contribution is -2.09. The molecule has 1 nitrogen and oxygen atoms in total. The molecule has 0 saturated heterocycles. The molecule has 1 fully saturated rings. The Morgan fingerprint density at radius 3 is 2.50 bits per heavy atom. The molecule has 0 aliphatic heterocycles. The van der Waals surface area contributed by atoms with Crippen molar-refractivity contribution in [1.29, 1.82) is 0 Å². The molecule has 1 aromatic carbocycles. The van der Waals surface area contributed by atoms with E-state index in [1.165, 1.54) is 25.7 Å². The zero-order valence-corrected chi connectivity index (χ0v) is 9.70. The molecule has 1 aromatic rings. The molecule has 2 rings (SSSR count). The lowest BCUT2D eigenvalue weighted by Gasteiger charge is -2.19. The molecule has 2 heteroatoms. The van der Waals surface area contributed by atoms with Crippen LogP contribution in [0.25, 0.3) is 0 Å². The van der Waals surface area contributed by atoms with Crippen molar-refractivity contribution in [2.45, 2.75) is 31.8 Å². The summed E-state index contributed by atoms with van der Waals surface area (Å²) >= 11 is 3.48. The van der Waals surface area contributed by atoms with Crippen molar-refractivity contribution in [2.24, 2.45) is 5.92 Å². The van der Waals surface area contributed by atoms with E-state index in [-0.39, 0.29) is 6.10 Å².